The van der Waals surface area contributed by atoms with Crippen LogP contribution in [0.15, 0.2) is 73.1 Å². The van der Waals surface area contributed by atoms with Crippen LogP contribution in [0.5, 0.6) is 0 Å². The lowest BCUT2D eigenvalue weighted by atomic mass is 9.99. The average molecular weight is 629 g/mol. The predicted octanol–water partition coefficient (Wildman–Crippen LogP) is 6.02. The molecule has 1 aliphatic rings. The fourth-order valence-electron chi connectivity index (χ4n) is 5.85. The Morgan fingerprint density at radius 3 is 2.70 bits per heavy atom. The molecule has 0 spiro atoms. The van der Waals surface area contributed by atoms with Crippen LogP contribution in [-0.4, -0.2) is 75.1 Å². The molecule has 240 valence electrons. The molecule has 0 unspecified atom stereocenters. The van der Waals surface area contributed by atoms with E-state index in [1.165, 1.54) is 0 Å². The van der Waals surface area contributed by atoms with Gasteiger partial charge in [-0.3, -0.25) is 9.78 Å². The van der Waals surface area contributed by atoms with Crippen LogP contribution < -0.4 is 15.5 Å². The summed E-state index contributed by atoms with van der Waals surface area (Å²) in [6.07, 6.45) is 8.70. The number of anilines is 3. The molecule has 6 rings (SSSR count). The van der Waals surface area contributed by atoms with E-state index in [2.05, 4.69) is 51.5 Å². The maximum Gasteiger partial charge on any atom is 0.248 e. The van der Waals surface area contributed by atoms with E-state index in [4.69, 9.17) is 21.5 Å². The molecule has 0 bridgehead atoms. The lowest BCUT2D eigenvalue weighted by Gasteiger charge is -2.27. The van der Waals surface area contributed by atoms with Crippen LogP contribution in [0.25, 0.3) is 32.5 Å². The van der Waals surface area contributed by atoms with Crippen molar-refractivity contribution in [3.05, 3.63) is 95.6 Å². The van der Waals surface area contributed by atoms with E-state index in [-0.39, 0.29) is 17.9 Å². The lowest BCUT2D eigenvalue weighted by Crippen LogP contribution is -2.36. The smallest absolute Gasteiger partial charge is 0.248 e. The number of amides is 1. The third-order valence-corrected chi connectivity index (χ3v) is 8.42. The molecule has 1 saturated heterocycles. The van der Waals surface area contributed by atoms with Crippen LogP contribution in [0.1, 0.15) is 43.7 Å². The van der Waals surface area contributed by atoms with Gasteiger partial charge in [0.15, 0.2) is 5.65 Å². The first-order valence-electron chi connectivity index (χ1n) is 16.0. The zero-order valence-corrected chi connectivity index (χ0v) is 27.3. The number of likely N-dealkylation sites (N-methyl/N-ethyl adjacent to an activating group) is 1. The highest BCUT2D eigenvalue weighted by Crippen LogP contribution is 2.32. The maximum atomic E-state index is 12.4. The molecule has 2 aromatic carbocycles. The molecule has 11 nitrogen and oxygen atoms in total. The number of rotatable bonds is 10. The summed E-state index contributed by atoms with van der Waals surface area (Å²) >= 11 is 0. The third-order valence-electron chi connectivity index (χ3n) is 8.42. The average Bonchev–Trinajstić information content (AvgIpc) is 3.51. The Bertz CT molecular complexity index is 1960. The van der Waals surface area contributed by atoms with Gasteiger partial charge < -0.3 is 25.3 Å². The van der Waals surface area contributed by atoms with Crippen molar-refractivity contribution in [1.82, 2.24) is 29.5 Å². The first kappa shape index (κ1) is 31.6. The summed E-state index contributed by atoms with van der Waals surface area (Å²) in [6, 6.07) is 16.1. The van der Waals surface area contributed by atoms with Crippen molar-refractivity contribution in [2.75, 3.05) is 49.3 Å². The molecule has 0 atom stereocenters. The molecule has 1 fully saturated rings. The topological polar surface area (TPSA) is 108 Å². The molecule has 1 aliphatic heterocycles. The van der Waals surface area contributed by atoms with Crippen LogP contribution >= 0.6 is 0 Å². The first-order valence-corrected chi connectivity index (χ1v) is 16.0. The van der Waals surface area contributed by atoms with Gasteiger partial charge in [0.1, 0.15) is 0 Å². The van der Waals surface area contributed by atoms with Gasteiger partial charge in [0.25, 0.3) is 0 Å². The number of hydrogen-bond acceptors (Lipinski definition) is 8. The van der Waals surface area contributed by atoms with Gasteiger partial charge in [-0.2, -0.15) is 19.6 Å². The van der Waals surface area contributed by atoms with E-state index in [9.17, 15) is 4.79 Å². The second-order valence-corrected chi connectivity index (χ2v) is 12.4. The van der Waals surface area contributed by atoms with Crippen molar-refractivity contribution < 1.29 is 4.79 Å². The number of carbonyl (C=O) groups is 1. The fraction of sp³-hybridized carbons (Fsp3) is 0.333. The quantitative estimate of drug-likeness (QED) is 0.143. The van der Waals surface area contributed by atoms with Crippen molar-refractivity contribution >= 4 is 39.9 Å². The number of carbonyl (C=O) groups excluding carboxylic acids is 1. The largest absolute Gasteiger partial charge is 0.350 e. The van der Waals surface area contributed by atoms with Gasteiger partial charge in [-0.1, -0.05) is 50.3 Å². The van der Waals surface area contributed by atoms with Crippen molar-refractivity contribution in [2.24, 2.45) is 0 Å². The lowest BCUT2D eigenvalue weighted by molar-refractivity contribution is -0.111. The second-order valence-electron chi connectivity index (χ2n) is 12.4. The minimum absolute atomic E-state index is 0.0634. The maximum absolute atomic E-state index is 12.4. The standard InChI is InChI=1S/C36H40N10O/c1-24(2)31-23-40-46-34(31)42-36(45-19-15-27(37-3)16-20-45)43-35(46)39-22-26-9-6-7-10-29(26)33-30-13-12-28(21-25(30)14-17-38-33)41-32(47)11-8-18-44(4)5/h6-14,17,21,23-24,27H,15-16,18-20,22H2,1-2,4-5H3,(H,41,47)(H,39,42,43)/b11-8+. The van der Waals surface area contributed by atoms with Crippen LogP contribution in [-0.2, 0) is 11.3 Å². The molecule has 4 heterocycles. The highest BCUT2D eigenvalue weighted by Gasteiger charge is 2.26. The molecule has 0 saturated carbocycles. The number of benzene rings is 2. The SMILES string of the molecule is [C-]#[N+]C1CCN(c2nc(NCc3ccccc3-c3nccc4cc(NC(=O)/C=C/CN(C)C)ccc34)n3ncc(C(C)C)c3n2)CC1. The Morgan fingerprint density at radius 1 is 1.13 bits per heavy atom. The summed E-state index contributed by atoms with van der Waals surface area (Å²) in [4.78, 5) is 35.1. The molecule has 2 N–H and O–H groups in total. The Hall–Kier alpha value is -5.34. The Balaban J connectivity index is 1.28. The van der Waals surface area contributed by atoms with Crippen LogP contribution in [0.2, 0.25) is 0 Å². The molecule has 0 radical (unpaired) electrons. The molecule has 5 aromatic rings. The van der Waals surface area contributed by atoms with Crippen LogP contribution in [0.3, 0.4) is 0 Å². The van der Waals surface area contributed by atoms with Gasteiger partial charge in [-0.25, -0.2) is 6.57 Å². The van der Waals surface area contributed by atoms with E-state index in [1.807, 2.05) is 67.7 Å². The summed E-state index contributed by atoms with van der Waals surface area (Å²) in [5, 5.41) is 13.2. The number of aromatic nitrogens is 5. The molecule has 11 heteroatoms. The van der Waals surface area contributed by atoms with E-state index >= 15 is 0 Å². The van der Waals surface area contributed by atoms with Crippen LogP contribution in [0.4, 0.5) is 17.6 Å². The number of pyridine rings is 1. The summed E-state index contributed by atoms with van der Waals surface area (Å²) in [7, 11) is 3.92. The molecule has 3 aromatic heterocycles. The van der Waals surface area contributed by atoms with Crippen molar-refractivity contribution in [3.8, 4) is 11.3 Å². The molecule has 1 amide bonds. The number of piperidine rings is 1. The van der Waals surface area contributed by atoms with E-state index < -0.39 is 0 Å². The van der Waals surface area contributed by atoms with Crippen molar-refractivity contribution in [3.63, 3.8) is 0 Å². The highest BCUT2D eigenvalue weighted by atomic mass is 16.1. The van der Waals surface area contributed by atoms with Gasteiger partial charge in [-0.05, 0) is 49.2 Å². The molecule has 47 heavy (non-hydrogen) atoms. The molecular formula is C36H40N10O. The van der Waals surface area contributed by atoms with E-state index in [0.717, 1.165) is 70.4 Å². The first-order chi connectivity index (χ1) is 22.8. The Morgan fingerprint density at radius 2 is 1.94 bits per heavy atom. The number of fused-ring (bicyclic) bond motifs is 2. The number of hydrogen-bond donors (Lipinski definition) is 2. The summed E-state index contributed by atoms with van der Waals surface area (Å²) in [5.74, 6) is 1.36. The van der Waals surface area contributed by atoms with Gasteiger partial charge in [0.05, 0.1) is 11.9 Å². The fourth-order valence-corrected chi connectivity index (χ4v) is 5.85. The second kappa shape index (κ2) is 14.0. The number of nitrogens with zero attached hydrogens (tertiary/aromatic N) is 8. The minimum atomic E-state index is -0.163. The van der Waals surface area contributed by atoms with E-state index in [1.54, 1.807) is 16.8 Å². The Kier molecular flexibility index (Phi) is 9.40. The zero-order chi connectivity index (χ0) is 32.9. The van der Waals surface area contributed by atoms with Crippen molar-refractivity contribution in [1.29, 1.82) is 0 Å². The summed E-state index contributed by atoms with van der Waals surface area (Å²) in [5.41, 5.74) is 5.50. The van der Waals surface area contributed by atoms with E-state index in [0.29, 0.717) is 25.0 Å². The van der Waals surface area contributed by atoms with Gasteiger partial charge in [-0.15, -0.1) is 0 Å². The summed E-state index contributed by atoms with van der Waals surface area (Å²) in [6.45, 7) is 14.4. The highest BCUT2D eigenvalue weighted by molar-refractivity contribution is 6.02. The third kappa shape index (κ3) is 7.08. The monoisotopic (exact) mass is 628 g/mol. The minimum Gasteiger partial charge on any atom is -0.350 e. The molecular weight excluding hydrogens is 588 g/mol. The number of nitrogens with one attached hydrogen (secondary N) is 2. The van der Waals surface area contributed by atoms with Gasteiger partial charge >= 0.3 is 0 Å². The normalized spacial score (nSPS) is 14.0. The van der Waals surface area contributed by atoms with Gasteiger partial charge in [0.2, 0.25) is 23.8 Å². The zero-order valence-electron chi connectivity index (χ0n) is 27.3. The Labute approximate surface area is 275 Å². The van der Waals surface area contributed by atoms with Gasteiger partial charge in [0, 0.05) is 73.5 Å². The summed E-state index contributed by atoms with van der Waals surface area (Å²) < 4.78 is 1.79. The predicted molar refractivity (Wildman–Crippen MR) is 188 cm³/mol. The van der Waals surface area contributed by atoms with Crippen LogP contribution in [0, 0.1) is 6.57 Å². The molecule has 0 aliphatic carbocycles. The van der Waals surface area contributed by atoms with Crippen molar-refractivity contribution in [2.45, 2.75) is 45.2 Å².